The molecule has 1 heterocycles. The molecule has 0 bridgehead atoms. The van der Waals surface area contributed by atoms with Crippen LogP contribution in [0.1, 0.15) is 64.5 Å². The number of anilines is 1. The number of hydrogen-bond donors (Lipinski definition) is 1. The first-order chi connectivity index (χ1) is 10.8. The fourth-order valence-corrected chi connectivity index (χ4v) is 3.26. The monoisotopic (exact) mass is 316 g/mol. The van der Waals surface area contributed by atoms with Gasteiger partial charge in [0.2, 0.25) is 5.91 Å². The average Bonchev–Trinajstić information content (AvgIpc) is 2.50. The lowest BCUT2D eigenvalue weighted by Crippen LogP contribution is -2.42. The van der Waals surface area contributed by atoms with E-state index < -0.39 is 0 Å². The van der Waals surface area contributed by atoms with Crippen LogP contribution in [-0.4, -0.2) is 18.5 Å². The largest absolute Gasteiger partial charge is 0.327 e. The number of aryl methyl sites for hydroxylation is 1. The molecule has 0 saturated heterocycles. The van der Waals surface area contributed by atoms with Gasteiger partial charge < -0.3 is 10.6 Å². The molecule has 128 valence electrons. The summed E-state index contributed by atoms with van der Waals surface area (Å²) in [6.07, 6.45) is 6.51. The van der Waals surface area contributed by atoms with Gasteiger partial charge in [-0.15, -0.1) is 0 Å². The molecular weight excluding hydrogens is 284 g/mol. The second-order valence-electron chi connectivity index (χ2n) is 7.88. The molecule has 2 rings (SSSR count). The van der Waals surface area contributed by atoms with E-state index in [1.807, 2.05) is 25.7 Å². The third kappa shape index (κ3) is 4.57. The average molecular weight is 316 g/mol. The summed E-state index contributed by atoms with van der Waals surface area (Å²) in [5.74, 6) is 0.214. The number of hydrogen-bond acceptors (Lipinski definition) is 2. The van der Waals surface area contributed by atoms with Crippen LogP contribution in [0, 0.1) is 5.41 Å². The standard InChI is InChI=1S/C20H32N2O/c1-5-6-9-17(21)14-15-10-11-18-16(13-15)8-7-12-22(18)19(23)20(2,3)4/h10-11,13,17H,5-9,12,14,21H2,1-4H3. The van der Waals surface area contributed by atoms with Gasteiger partial charge in [-0.2, -0.15) is 0 Å². The number of carbonyl (C=O) groups is 1. The predicted molar refractivity (Wildman–Crippen MR) is 97.8 cm³/mol. The zero-order chi connectivity index (χ0) is 17.0. The minimum Gasteiger partial charge on any atom is -0.327 e. The molecule has 3 nitrogen and oxygen atoms in total. The Labute approximate surface area is 141 Å². The van der Waals surface area contributed by atoms with Crippen molar-refractivity contribution in [2.45, 2.75) is 72.3 Å². The van der Waals surface area contributed by atoms with Crippen molar-refractivity contribution >= 4 is 11.6 Å². The molecular formula is C20H32N2O. The van der Waals surface area contributed by atoms with Crippen LogP contribution in [0.2, 0.25) is 0 Å². The lowest BCUT2D eigenvalue weighted by atomic mass is 9.91. The Morgan fingerprint density at radius 1 is 1.35 bits per heavy atom. The van der Waals surface area contributed by atoms with Gasteiger partial charge in [0.05, 0.1) is 0 Å². The first-order valence-corrected chi connectivity index (χ1v) is 9.02. The van der Waals surface area contributed by atoms with Crippen LogP contribution in [0.5, 0.6) is 0 Å². The van der Waals surface area contributed by atoms with Crippen LogP contribution in [0.4, 0.5) is 5.69 Å². The van der Waals surface area contributed by atoms with E-state index in [2.05, 4.69) is 25.1 Å². The molecule has 0 fully saturated rings. The van der Waals surface area contributed by atoms with Gasteiger partial charge in [-0.3, -0.25) is 4.79 Å². The number of carbonyl (C=O) groups excluding carboxylic acids is 1. The Balaban J connectivity index is 2.15. The summed E-state index contributed by atoms with van der Waals surface area (Å²) in [6, 6.07) is 6.78. The van der Waals surface area contributed by atoms with Gasteiger partial charge in [0.1, 0.15) is 0 Å². The number of nitrogens with zero attached hydrogens (tertiary/aromatic N) is 1. The fourth-order valence-electron chi connectivity index (χ4n) is 3.26. The van der Waals surface area contributed by atoms with Crippen molar-refractivity contribution in [2.75, 3.05) is 11.4 Å². The topological polar surface area (TPSA) is 46.3 Å². The molecule has 0 aliphatic carbocycles. The number of unbranched alkanes of at least 4 members (excludes halogenated alkanes) is 1. The first-order valence-electron chi connectivity index (χ1n) is 9.02. The van der Waals surface area contributed by atoms with Gasteiger partial charge in [0, 0.05) is 23.7 Å². The number of nitrogens with two attached hydrogens (primary N) is 1. The highest BCUT2D eigenvalue weighted by molar-refractivity contribution is 5.97. The maximum atomic E-state index is 12.7. The summed E-state index contributed by atoms with van der Waals surface area (Å²) in [6.45, 7) is 9.01. The summed E-state index contributed by atoms with van der Waals surface area (Å²) < 4.78 is 0. The number of fused-ring (bicyclic) bond motifs is 1. The van der Waals surface area contributed by atoms with Crippen molar-refractivity contribution < 1.29 is 4.79 Å². The Hall–Kier alpha value is -1.35. The molecule has 0 radical (unpaired) electrons. The maximum Gasteiger partial charge on any atom is 0.232 e. The maximum absolute atomic E-state index is 12.7. The van der Waals surface area contributed by atoms with E-state index in [1.54, 1.807) is 0 Å². The smallest absolute Gasteiger partial charge is 0.232 e. The molecule has 0 aromatic heterocycles. The second kappa shape index (κ2) is 7.48. The highest BCUT2D eigenvalue weighted by Gasteiger charge is 2.30. The van der Waals surface area contributed by atoms with Crippen LogP contribution < -0.4 is 10.6 Å². The lowest BCUT2D eigenvalue weighted by Gasteiger charge is -2.34. The zero-order valence-electron chi connectivity index (χ0n) is 15.2. The fraction of sp³-hybridized carbons (Fsp3) is 0.650. The van der Waals surface area contributed by atoms with Crippen LogP contribution >= 0.6 is 0 Å². The molecule has 1 amide bonds. The predicted octanol–water partition coefficient (Wildman–Crippen LogP) is 4.07. The van der Waals surface area contributed by atoms with Gasteiger partial charge in [-0.1, -0.05) is 52.7 Å². The molecule has 0 saturated carbocycles. The van der Waals surface area contributed by atoms with Crippen molar-refractivity contribution in [2.24, 2.45) is 11.1 Å². The Kier molecular flexibility index (Phi) is 5.85. The van der Waals surface area contributed by atoms with E-state index in [4.69, 9.17) is 5.73 Å². The number of amides is 1. The normalized spacial score (nSPS) is 16.1. The quantitative estimate of drug-likeness (QED) is 0.890. The van der Waals surface area contributed by atoms with E-state index in [-0.39, 0.29) is 17.4 Å². The summed E-state index contributed by atoms with van der Waals surface area (Å²) in [7, 11) is 0. The lowest BCUT2D eigenvalue weighted by molar-refractivity contribution is -0.125. The van der Waals surface area contributed by atoms with Crippen molar-refractivity contribution in [3.63, 3.8) is 0 Å². The summed E-state index contributed by atoms with van der Waals surface area (Å²) in [4.78, 5) is 14.6. The van der Waals surface area contributed by atoms with Crippen molar-refractivity contribution in [3.05, 3.63) is 29.3 Å². The van der Waals surface area contributed by atoms with E-state index in [0.29, 0.717) is 0 Å². The summed E-state index contributed by atoms with van der Waals surface area (Å²) in [5, 5.41) is 0. The number of rotatable bonds is 5. The summed E-state index contributed by atoms with van der Waals surface area (Å²) in [5.41, 5.74) is 9.60. The second-order valence-corrected chi connectivity index (χ2v) is 7.88. The van der Waals surface area contributed by atoms with Gasteiger partial charge >= 0.3 is 0 Å². The molecule has 23 heavy (non-hydrogen) atoms. The van der Waals surface area contributed by atoms with Gasteiger partial charge in [-0.25, -0.2) is 0 Å². The highest BCUT2D eigenvalue weighted by Crippen LogP contribution is 2.32. The molecule has 1 unspecified atom stereocenters. The Morgan fingerprint density at radius 3 is 2.74 bits per heavy atom. The van der Waals surface area contributed by atoms with Crippen LogP contribution in [0.3, 0.4) is 0 Å². The first kappa shape index (κ1) is 18.0. The minimum absolute atomic E-state index is 0.214. The Bertz CT molecular complexity index is 545. The molecule has 0 spiro atoms. The van der Waals surface area contributed by atoms with Crippen molar-refractivity contribution in [1.82, 2.24) is 0 Å². The molecule has 3 heteroatoms. The third-order valence-electron chi connectivity index (χ3n) is 4.58. The molecule has 1 aliphatic rings. The van der Waals surface area contributed by atoms with E-state index in [1.165, 1.54) is 24.0 Å². The Morgan fingerprint density at radius 2 is 2.09 bits per heavy atom. The van der Waals surface area contributed by atoms with E-state index in [9.17, 15) is 4.79 Å². The minimum atomic E-state index is -0.338. The van der Waals surface area contributed by atoms with E-state index >= 15 is 0 Å². The van der Waals surface area contributed by atoms with E-state index in [0.717, 1.165) is 37.9 Å². The third-order valence-corrected chi connectivity index (χ3v) is 4.58. The van der Waals surface area contributed by atoms with Crippen LogP contribution in [-0.2, 0) is 17.6 Å². The SMILES string of the molecule is CCCCC(N)Cc1ccc2c(c1)CCCN2C(=O)C(C)(C)C. The summed E-state index contributed by atoms with van der Waals surface area (Å²) >= 11 is 0. The highest BCUT2D eigenvalue weighted by atomic mass is 16.2. The molecule has 2 N–H and O–H groups in total. The van der Waals surface area contributed by atoms with Crippen LogP contribution in [0.15, 0.2) is 18.2 Å². The molecule has 1 atom stereocenters. The van der Waals surface area contributed by atoms with Crippen LogP contribution in [0.25, 0.3) is 0 Å². The molecule has 1 aromatic carbocycles. The molecule has 1 aliphatic heterocycles. The van der Waals surface area contributed by atoms with Crippen molar-refractivity contribution in [1.29, 1.82) is 0 Å². The zero-order valence-corrected chi connectivity index (χ0v) is 15.2. The molecule has 1 aromatic rings. The van der Waals surface area contributed by atoms with Gasteiger partial charge in [0.15, 0.2) is 0 Å². The van der Waals surface area contributed by atoms with Gasteiger partial charge in [0.25, 0.3) is 0 Å². The van der Waals surface area contributed by atoms with Gasteiger partial charge in [-0.05, 0) is 42.9 Å². The number of benzene rings is 1. The van der Waals surface area contributed by atoms with Crippen molar-refractivity contribution in [3.8, 4) is 0 Å².